The summed E-state index contributed by atoms with van der Waals surface area (Å²) < 4.78 is 12.9. The molecule has 0 aliphatic heterocycles. The molecule has 2 aliphatic rings. The quantitative estimate of drug-likeness (QED) is 0.286. The topological polar surface area (TPSA) is 78.8 Å². The van der Waals surface area contributed by atoms with Crippen molar-refractivity contribution in [2.75, 3.05) is 0 Å². The zero-order chi connectivity index (χ0) is 19.9. The van der Waals surface area contributed by atoms with Gasteiger partial charge in [-0.1, -0.05) is 12.2 Å². The van der Waals surface area contributed by atoms with E-state index in [2.05, 4.69) is 22.7 Å². The molecule has 2 N–H and O–H groups in total. The van der Waals surface area contributed by atoms with Gasteiger partial charge in [0.05, 0.1) is 0 Å². The number of carboxylic acids is 1. The Hall–Kier alpha value is -2.50. The van der Waals surface area contributed by atoms with Gasteiger partial charge in [-0.15, -0.1) is 0 Å². The average molecular weight is 386 g/mol. The van der Waals surface area contributed by atoms with Gasteiger partial charge in [0.25, 0.3) is 5.91 Å². The number of aliphatic carboxylic acids is 1. The molecule has 2 fully saturated rings. The number of hydrogen-bond acceptors (Lipinski definition) is 3. The van der Waals surface area contributed by atoms with Gasteiger partial charge in [0.15, 0.2) is 0 Å². The number of rotatable bonds is 9. The molecular weight excluding hydrogens is 359 g/mol. The summed E-state index contributed by atoms with van der Waals surface area (Å²) in [6.45, 7) is 0. The molecule has 2 aliphatic carbocycles. The maximum atomic E-state index is 12.9. The summed E-state index contributed by atoms with van der Waals surface area (Å²) in [5, 5.41) is 12.9. The molecule has 1 aromatic rings. The second-order valence-corrected chi connectivity index (χ2v) is 7.79. The van der Waals surface area contributed by atoms with Gasteiger partial charge in [0, 0.05) is 24.1 Å². The molecule has 2 bridgehead atoms. The number of halogens is 1. The number of carbonyl (C=O) groups excluding carboxylic acids is 1. The van der Waals surface area contributed by atoms with Crippen LogP contribution in [0.2, 0.25) is 0 Å². The number of benzene rings is 1. The molecule has 0 aromatic heterocycles. The van der Waals surface area contributed by atoms with E-state index in [9.17, 15) is 14.0 Å². The molecule has 150 valence electrons. The molecular formula is C22H27FN2O3. The first-order valence-electron chi connectivity index (χ1n) is 10.0. The lowest BCUT2D eigenvalue weighted by molar-refractivity contribution is -0.137. The van der Waals surface area contributed by atoms with Gasteiger partial charge in [-0.3, -0.25) is 9.59 Å². The zero-order valence-corrected chi connectivity index (χ0v) is 15.9. The predicted octanol–water partition coefficient (Wildman–Crippen LogP) is 4.40. The molecule has 28 heavy (non-hydrogen) atoms. The molecule has 0 saturated heterocycles. The molecule has 6 heteroatoms. The summed E-state index contributed by atoms with van der Waals surface area (Å²) in [7, 11) is 0. The standard InChI is InChI=1S/C22H27FN2O3/c23-18-11-9-15(10-12-18)22(28)25-24-14-20-17-8-7-16(13-17)19(20)5-3-1-2-4-6-21(26)27/h1,3,9-12,14,16-17,19-20H,2,4-8,13H2,(H,25,28)(H,26,27)/b3-1-,24-14?. The van der Waals surface area contributed by atoms with Gasteiger partial charge in [0.2, 0.25) is 0 Å². The van der Waals surface area contributed by atoms with E-state index in [-0.39, 0.29) is 18.1 Å². The van der Waals surface area contributed by atoms with Crippen LogP contribution in [0.5, 0.6) is 0 Å². The third-order valence-corrected chi connectivity index (χ3v) is 6.01. The number of allylic oxidation sites excluding steroid dienone is 2. The van der Waals surface area contributed by atoms with Crippen LogP contribution in [0, 0.1) is 29.5 Å². The molecule has 0 spiro atoms. The number of carbonyl (C=O) groups is 2. The summed E-state index contributed by atoms with van der Waals surface area (Å²) in [5.41, 5.74) is 2.94. The summed E-state index contributed by atoms with van der Waals surface area (Å²) in [6.07, 6.45) is 12.5. The lowest BCUT2D eigenvalue weighted by Gasteiger charge is -2.27. The normalized spacial score (nSPS) is 26.3. The lowest BCUT2D eigenvalue weighted by atomic mass is 9.78. The van der Waals surface area contributed by atoms with Crippen molar-refractivity contribution in [3.63, 3.8) is 0 Å². The highest BCUT2D eigenvalue weighted by molar-refractivity contribution is 5.94. The minimum Gasteiger partial charge on any atom is -0.481 e. The van der Waals surface area contributed by atoms with Crippen LogP contribution >= 0.6 is 0 Å². The zero-order valence-electron chi connectivity index (χ0n) is 15.9. The van der Waals surface area contributed by atoms with Crippen LogP contribution in [0.3, 0.4) is 0 Å². The van der Waals surface area contributed by atoms with Crippen LogP contribution < -0.4 is 5.43 Å². The first-order valence-corrected chi connectivity index (χ1v) is 10.0. The van der Waals surface area contributed by atoms with E-state index in [0.29, 0.717) is 35.7 Å². The maximum Gasteiger partial charge on any atom is 0.303 e. The van der Waals surface area contributed by atoms with Crippen molar-refractivity contribution in [2.45, 2.75) is 44.9 Å². The summed E-state index contributed by atoms with van der Waals surface area (Å²) >= 11 is 0. The van der Waals surface area contributed by atoms with Crippen LogP contribution in [0.4, 0.5) is 4.39 Å². The molecule has 5 nitrogen and oxygen atoms in total. The van der Waals surface area contributed by atoms with E-state index in [4.69, 9.17) is 5.11 Å². The Labute approximate surface area is 164 Å². The lowest BCUT2D eigenvalue weighted by Crippen LogP contribution is -2.25. The molecule has 4 unspecified atom stereocenters. The number of fused-ring (bicyclic) bond motifs is 2. The molecule has 1 amide bonds. The highest BCUT2D eigenvalue weighted by atomic mass is 19.1. The van der Waals surface area contributed by atoms with Crippen molar-refractivity contribution in [3.05, 3.63) is 47.8 Å². The number of hydrazone groups is 1. The van der Waals surface area contributed by atoms with E-state index in [1.54, 1.807) is 0 Å². The van der Waals surface area contributed by atoms with E-state index < -0.39 is 5.97 Å². The van der Waals surface area contributed by atoms with Crippen LogP contribution in [0.15, 0.2) is 41.5 Å². The molecule has 4 atom stereocenters. The van der Waals surface area contributed by atoms with E-state index in [1.807, 2.05) is 6.21 Å². The fourth-order valence-electron chi connectivity index (χ4n) is 4.63. The van der Waals surface area contributed by atoms with Crippen LogP contribution in [0.25, 0.3) is 0 Å². The van der Waals surface area contributed by atoms with Gasteiger partial charge < -0.3 is 5.11 Å². The SMILES string of the molecule is O=C(O)CCC/C=C\CC1C2CCC(C2)C1C=NNC(=O)c1ccc(F)cc1. The van der Waals surface area contributed by atoms with Crippen LogP contribution in [-0.4, -0.2) is 23.2 Å². The smallest absolute Gasteiger partial charge is 0.303 e. The van der Waals surface area contributed by atoms with Crippen LogP contribution in [0.1, 0.15) is 55.3 Å². The number of hydrogen-bond donors (Lipinski definition) is 2. The first kappa shape index (κ1) is 20.2. The molecule has 0 heterocycles. The summed E-state index contributed by atoms with van der Waals surface area (Å²) in [5.74, 6) is 0.757. The molecule has 1 aromatic carbocycles. The van der Waals surface area contributed by atoms with Gasteiger partial charge in [-0.2, -0.15) is 5.10 Å². The molecule has 2 saturated carbocycles. The van der Waals surface area contributed by atoms with E-state index in [1.165, 1.54) is 43.5 Å². The van der Waals surface area contributed by atoms with Crippen molar-refractivity contribution in [1.82, 2.24) is 5.43 Å². The Balaban J connectivity index is 1.50. The monoisotopic (exact) mass is 386 g/mol. The third-order valence-electron chi connectivity index (χ3n) is 6.01. The van der Waals surface area contributed by atoms with Crippen molar-refractivity contribution in [1.29, 1.82) is 0 Å². The van der Waals surface area contributed by atoms with Crippen molar-refractivity contribution >= 4 is 18.1 Å². The van der Waals surface area contributed by atoms with Crippen molar-refractivity contribution in [3.8, 4) is 0 Å². The molecule has 0 radical (unpaired) electrons. The van der Waals surface area contributed by atoms with Crippen LogP contribution in [-0.2, 0) is 4.79 Å². The van der Waals surface area contributed by atoms with E-state index >= 15 is 0 Å². The summed E-state index contributed by atoms with van der Waals surface area (Å²) in [4.78, 5) is 22.6. The second-order valence-electron chi connectivity index (χ2n) is 7.79. The van der Waals surface area contributed by atoms with Crippen molar-refractivity contribution in [2.24, 2.45) is 28.8 Å². The van der Waals surface area contributed by atoms with Crippen molar-refractivity contribution < 1.29 is 19.1 Å². The fraction of sp³-hybridized carbons (Fsp3) is 0.500. The Bertz CT molecular complexity index is 745. The Morgan fingerprint density at radius 2 is 1.93 bits per heavy atom. The highest BCUT2D eigenvalue weighted by Crippen LogP contribution is 2.52. The van der Waals surface area contributed by atoms with Gasteiger partial charge in [-0.25, -0.2) is 9.82 Å². The largest absolute Gasteiger partial charge is 0.481 e. The highest BCUT2D eigenvalue weighted by Gasteiger charge is 2.45. The summed E-state index contributed by atoms with van der Waals surface area (Å²) in [6, 6.07) is 5.39. The number of amides is 1. The maximum absolute atomic E-state index is 12.9. The third kappa shape index (κ3) is 5.27. The Morgan fingerprint density at radius 1 is 1.18 bits per heavy atom. The molecule has 3 rings (SSSR count). The van der Waals surface area contributed by atoms with Gasteiger partial charge >= 0.3 is 5.97 Å². The predicted molar refractivity (Wildman–Crippen MR) is 105 cm³/mol. The number of carboxylic acid groups (broad SMARTS) is 1. The average Bonchev–Trinajstić information content (AvgIpc) is 3.27. The minimum atomic E-state index is -0.750. The Morgan fingerprint density at radius 3 is 2.68 bits per heavy atom. The van der Waals surface area contributed by atoms with Gasteiger partial charge in [0.1, 0.15) is 5.82 Å². The Kier molecular flexibility index (Phi) is 6.95. The number of nitrogens with zero attached hydrogens (tertiary/aromatic N) is 1. The fourth-order valence-corrected chi connectivity index (χ4v) is 4.63. The minimum absolute atomic E-state index is 0.210. The van der Waals surface area contributed by atoms with Gasteiger partial charge in [-0.05, 0) is 80.5 Å². The van der Waals surface area contributed by atoms with E-state index in [0.717, 1.165) is 12.8 Å². The first-order chi connectivity index (χ1) is 13.5. The second kappa shape index (κ2) is 9.62. The number of nitrogens with one attached hydrogen (secondary N) is 1. The number of unbranched alkanes of at least 4 members (excludes halogenated alkanes) is 1.